The molecule has 3 aromatic carbocycles. The number of aromatic hydroxyl groups is 1. The Balaban J connectivity index is 1.75. The van der Waals surface area contributed by atoms with Gasteiger partial charge in [-0.25, -0.2) is 4.39 Å². The minimum Gasteiger partial charge on any atom is -0.508 e. The SMILES string of the molecule is COc1ccc(C2=N[C@@H](c3ccc(F)cc3)N[C@@H](c3cc(Br)ccc3O)C2)cc1. The molecule has 1 aliphatic rings. The van der Waals surface area contributed by atoms with Gasteiger partial charge in [-0.2, -0.15) is 0 Å². The van der Waals surface area contributed by atoms with Crippen molar-refractivity contribution in [1.29, 1.82) is 0 Å². The molecule has 29 heavy (non-hydrogen) atoms. The third kappa shape index (κ3) is 4.33. The normalized spacial score (nSPS) is 18.9. The lowest BCUT2D eigenvalue weighted by atomic mass is 9.93. The topological polar surface area (TPSA) is 53.8 Å². The molecule has 0 bridgehead atoms. The quantitative estimate of drug-likeness (QED) is 0.545. The van der Waals surface area contributed by atoms with Crippen LogP contribution < -0.4 is 10.1 Å². The van der Waals surface area contributed by atoms with Crippen molar-refractivity contribution in [3.63, 3.8) is 0 Å². The summed E-state index contributed by atoms with van der Waals surface area (Å²) in [5, 5.41) is 13.9. The molecule has 4 nitrogen and oxygen atoms in total. The van der Waals surface area contributed by atoms with Crippen LogP contribution in [0.2, 0.25) is 0 Å². The summed E-state index contributed by atoms with van der Waals surface area (Å²) in [6.45, 7) is 0. The Bertz CT molecular complexity index is 1040. The number of benzene rings is 3. The number of halogens is 2. The van der Waals surface area contributed by atoms with Crippen LogP contribution in [0.3, 0.4) is 0 Å². The van der Waals surface area contributed by atoms with E-state index in [1.807, 2.05) is 30.3 Å². The number of nitrogens with one attached hydrogen (secondary N) is 1. The van der Waals surface area contributed by atoms with Crippen molar-refractivity contribution in [3.05, 3.63) is 93.7 Å². The molecule has 2 atom stereocenters. The first kappa shape index (κ1) is 19.6. The molecule has 0 aromatic heterocycles. The van der Waals surface area contributed by atoms with E-state index in [2.05, 4.69) is 21.2 Å². The van der Waals surface area contributed by atoms with E-state index in [4.69, 9.17) is 9.73 Å². The predicted octanol–water partition coefficient (Wildman–Crippen LogP) is 5.52. The lowest BCUT2D eigenvalue weighted by Gasteiger charge is -2.31. The number of ether oxygens (including phenoxy) is 1. The van der Waals surface area contributed by atoms with Gasteiger partial charge in [-0.3, -0.25) is 10.3 Å². The Morgan fingerprint density at radius 1 is 1.07 bits per heavy atom. The van der Waals surface area contributed by atoms with Crippen LogP contribution in [0, 0.1) is 5.82 Å². The molecule has 0 fully saturated rings. The van der Waals surface area contributed by atoms with E-state index in [1.54, 1.807) is 31.4 Å². The zero-order chi connectivity index (χ0) is 20.4. The summed E-state index contributed by atoms with van der Waals surface area (Å²) in [5.74, 6) is 0.712. The number of hydrogen-bond acceptors (Lipinski definition) is 4. The summed E-state index contributed by atoms with van der Waals surface area (Å²) < 4.78 is 19.5. The maximum absolute atomic E-state index is 13.4. The van der Waals surface area contributed by atoms with Crippen molar-refractivity contribution in [2.45, 2.75) is 18.6 Å². The highest BCUT2D eigenvalue weighted by Gasteiger charge is 2.27. The lowest BCUT2D eigenvalue weighted by Crippen LogP contribution is -2.33. The first-order valence-electron chi connectivity index (χ1n) is 9.24. The van der Waals surface area contributed by atoms with E-state index < -0.39 is 0 Å². The van der Waals surface area contributed by atoms with Crippen LogP contribution in [-0.4, -0.2) is 17.9 Å². The van der Waals surface area contributed by atoms with Gasteiger partial charge >= 0.3 is 0 Å². The van der Waals surface area contributed by atoms with Crippen molar-refractivity contribution in [1.82, 2.24) is 5.32 Å². The molecule has 0 saturated carbocycles. The molecule has 0 aliphatic carbocycles. The summed E-state index contributed by atoms with van der Waals surface area (Å²) >= 11 is 3.48. The molecule has 1 heterocycles. The van der Waals surface area contributed by atoms with Crippen LogP contribution in [0.25, 0.3) is 0 Å². The first-order chi connectivity index (χ1) is 14.0. The molecule has 6 heteroatoms. The largest absolute Gasteiger partial charge is 0.508 e. The standard InChI is InChI=1S/C23H20BrFN2O2/c1-29-18-9-4-14(5-10-18)20-13-21(19-12-16(24)6-11-22(19)28)27-23(26-20)15-2-7-17(25)8-3-15/h2-12,21,23,27-28H,13H2,1H3/t21-,23-/m1/s1. The highest BCUT2D eigenvalue weighted by Crippen LogP contribution is 2.36. The summed E-state index contributed by atoms with van der Waals surface area (Å²) in [7, 11) is 1.63. The second kappa shape index (κ2) is 8.35. The molecule has 0 radical (unpaired) electrons. The Labute approximate surface area is 177 Å². The lowest BCUT2D eigenvalue weighted by molar-refractivity contribution is 0.412. The molecular weight excluding hydrogens is 435 g/mol. The number of phenols is 1. The third-order valence-corrected chi connectivity index (χ3v) is 5.51. The van der Waals surface area contributed by atoms with Crippen molar-refractivity contribution in [3.8, 4) is 11.5 Å². The predicted molar refractivity (Wildman–Crippen MR) is 115 cm³/mol. The van der Waals surface area contributed by atoms with Gasteiger partial charge in [0.1, 0.15) is 23.5 Å². The van der Waals surface area contributed by atoms with E-state index in [9.17, 15) is 9.50 Å². The zero-order valence-corrected chi connectivity index (χ0v) is 17.4. The van der Waals surface area contributed by atoms with Crippen LogP contribution in [0.4, 0.5) is 4.39 Å². The molecular formula is C23H20BrFN2O2. The van der Waals surface area contributed by atoms with Crippen molar-refractivity contribution in [2.24, 2.45) is 4.99 Å². The van der Waals surface area contributed by atoms with E-state index in [-0.39, 0.29) is 23.8 Å². The maximum Gasteiger partial charge on any atom is 0.126 e. The smallest absolute Gasteiger partial charge is 0.126 e. The van der Waals surface area contributed by atoms with Crippen molar-refractivity contribution >= 4 is 21.6 Å². The van der Waals surface area contributed by atoms with E-state index in [0.29, 0.717) is 6.42 Å². The van der Waals surface area contributed by atoms with E-state index in [1.165, 1.54) is 12.1 Å². The Morgan fingerprint density at radius 2 is 1.79 bits per heavy atom. The van der Waals surface area contributed by atoms with Crippen LogP contribution in [-0.2, 0) is 0 Å². The summed E-state index contributed by atoms with van der Waals surface area (Å²) in [6.07, 6.45) is 0.249. The zero-order valence-electron chi connectivity index (χ0n) is 15.8. The second-order valence-electron chi connectivity index (χ2n) is 6.88. The number of nitrogens with zero attached hydrogens (tertiary/aromatic N) is 1. The van der Waals surface area contributed by atoms with E-state index >= 15 is 0 Å². The van der Waals surface area contributed by atoms with Crippen molar-refractivity contribution < 1.29 is 14.2 Å². The molecule has 4 rings (SSSR count). The number of aliphatic imine (C=N–C) groups is 1. The first-order valence-corrected chi connectivity index (χ1v) is 10.0. The second-order valence-corrected chi connectivity index (χ2v) is 7.80. The molecule has 3 aromatic rings. The van der Waals surface area contributed by atoms with Gasteiger partial charge in [0.2, 0.25) is 0 Å². The fraction of sp³-hybridized carbons (Fsp3) is 0.174. The van der Waals surface area contributed by atoms with Gasteiger partial charge in [0.05, 0.1) is 7.11 Å². The summed E-state index contributed by atoms with van der Waals surface area (Å²) in [6, 6.07) is 19.3. The Hall–Kier alpha value is -2.70. The fourth-order valence-electron chi connectivity index (χ4n) is 3.48. The van der Waals surface area contributed by atoms with Crippen LogP contribution in [0.15, 0.2) is 76.2 Å². The molecule has 0 saturated heterocycles. The van der Waals surface area contributed by atoms with Crippen LogP contribution in [0.5, 0.6) is 11.5 Å². The average Bonchev–Trinajstić information content (AvgIpc) is 2.75. The van der Waals surface area contributed by atoms with Gasteiger partial charge in [0.15, 0.2) is 0 Å². The molecule has 0 amide bonds. The Morgan fingerprint density at radius 3 is 2.48 bits per heavy atom. The minimum atomic E-state index is -0.357. The van der Waals surface area contributed by atoms with Gasteiger partial charge in [0.25, 0.3) is 0 Å². The summed E-state index contributed by atoms with van der Waals surface area (Å²) in [4.78, 5) is 4.88. The minimum absolute atomic E-state index is 0.155. The highest BCUT2D eigenvalue weighted by molar-refractivity contribution is 9.10. The highest BCUT2D eigenvalue weighted by atomic mass is 79.9. The van der Waals surface area contributed by atoms with Crippen LogP contribution in [0.1, 0.15) is 35.3 Å². The summed E-state index contributed by atoms with van der Waals surface area (Å²) in [5.41, 5.74) is 3.54. The number of hydrogen-bond donors (Lipinski definition) is 2. The van der Waals surface area contributed by atoms with Crippen LogP contribution >= 0.6 is 15.9 Å². The number of phenolic OH excluding ortho intramolecular Hbond substituents is 1. The molecule has 0 unspecified atom stereocenters. The average molecular weight is 455 g/mol. The molecule has 1 aliphatic heterocycles. The fourth-order valence-corrected chi connectivity index (χ4v) is 3.86. The van der Waals surface area contributed by atoms with Gasteiger partial charge in [-0.05, 0) is 65.7 Å². The number of rotatable bonds is 4. The molecule has 0 spiro atoms. The van der Waals surface area contributed by atoms with Gasteiger partial charge in [-0.15, -0.1) is 0 Å². The van der Waals surface area contributed by atoms with Gasteiger partial charge in [0, 0.05) is 28.2 Å². The molecule has 148 valence electrons. The number of methoxy groups -OCH3 is 1. The van der Waals surface area contributed by atoms with Gasteiger partial charge in [-0.1, -0.05) is 28.1 Å². The van der Waals surface area contributed by atoms with E-state index in [0.717, 1.165) is 32.6 Å². The molecule has 2 N–H and O–H groups in total. The van der Waals surface area contributed by atoms with Crippen molar-refractivity contribution in [2.75, 3.05) is 7.11 Å². The maximum atomic E-state index is 13.4. The Kier molecular flexibility index (Phi) is 5.65. The van der Waals surface area contributed by atoms with Gasteiger partial charge < -0.3 is 9.84 Å². The monoisotopic (exact) mass is 454 g/mol. The third-order valence-electron chi connectivity index (χ3n) is 5.02.